The molecule has 23 heavy (non-hydrogen) atoms. The first kappa shape index (κ1) is 17.1. The van der Waals surface area contributed by atoms with Crippen LogP contribution in [-0.2, 0) is 17.8 Å². The maximum atomic E-state index is 12.1. The molecule has 0 radical (unpaired) electrons. The summed E-state index contributed by atoms with van der Waals surface area (Å²) in [5.41, 5.74) is 1.95. The molecule has 2 aromatic rings. The number of hydrogen-bond acceptors (Lipinski definition) is 4. The standard InChI is InChI=1S/C17H25N5O/c1-4-16-21-19-12-22(16)10-9-18-14(3)11-17(23)20-15-8-6-5-7-13(15)2/h5-8,12,14,18H,4,9-11H2,1-3H3,(H,20,23)/t14-/m0/s1. The van der Waals surface area contributed by atoms with Crippen molar-refractivity contribution in [1.82, 2.24) is 20.1 Å². The summed E-state index contributed by atoms with van der Waals surface area (Å²) >= 11 is 0. The number of rotatable bonds is 8. The Hall–Kier alpha value is -2.21. The number of nitrogens with one attached hydrogen (secondary N) is 2. The first-order valence-electron chi connectivity index (χ1n) is 8.05. The van der Waals surface area contributed by atoms with Crippen LogP contribution in [0.4, 0.5) is 5.69 Å². The predicted octanol–water partition coefficient (Wildman–Crippen LogP) is 2.16. The maximum Gasteiger partial charge on any atom is 0.225 e. The first-order chi connectivity index (χ1) is 11.1. The second-order valence-electron chi connectivity index (χ2n) is 5.72. The molecule has 1 aromatic carbocycles. The molecule has 0 fully saturated rings. The van der Waals surface area contributed by atoms with Crippen LogP contribution in [0.25, 0.3) is 0 Å². The summed E-state index contributed by atoms with van der Waals surface area (Å²) in [6.45, 7) is 7.66. The lowest BCUT2D eigenvalue weighted by atomic mass is 10.2. The van der Waals surface area contributed by atoms with Crippen LogP contribution in [0.3, 0.4) is 0 Å². The van der Waals surface area contributed by atoms with E-state index in [0.29, 0.717) is 6.42 Å². The second-order valence-corrected chi connectivity index (χ2v) is 5.72. The highest BCUT2D eigenvalue weighted by Crippen LogP contribution is 2.13. The van der Waals surface area contributed by atoms with Gasteiger partial charge >= 0.3 is 0 Å². The van der Waals surface area contributed by atoms with Crippen molar-refractivity contribution in [2.45, 2.75) is 46.2 Å². The fraction of sp³-hybridized carbons (Fsp3) is 0.471. The molecule has 1 amide bonds. The number of carbonyl (C=O) groups is 1. The van der Waals surface area contributed by atoms with Gasteiger partial charge in [0.25, 0.3) is 0 Å². The van der Waals surface area contributed by atoms with Crippen LogP contribution in [0.15, 0.2) is 30.6 Å². The van der Waals surface area contributed by atoms with Gasteiger partial charge in [0.1, 0.15) is 12.2 Å². The Morgan fingerprint density at radius 1 is 1.35 bits per heavy atom. The van der Waals surface area contributed by atoms with Gasteiger partial charge in [0, 0.05) is 37.7 Å². The minimum absolute atomic E-state index is 0.0258. The molecule has 124 valence electrons. The van der Waals surface area contributed by atoms with Crippen LogP contribution in [0.2, 0.25) is 0 Å². The zero-order valence-corrected chi connectivity index (χ0v) is 14.0. The van der Waals surface area contributed by atoms with Gasteiger partial charge in [-0.2, -0.15) is 0 Å². The third-order valence-electron chi connectivity index (χ3n) is 3.77. The smallest absolute Gasteiger partial charge is 0.225 e. The van der Waals surface area contributed by atoms with Crippen LogP contribution < -0.4 is 10.6 Å². The Bertz CT molecular complexity index is 637. The molecule has 0 bridgehead atoms. The predicted molar refractivity (Wildman–Crippen MR) is 91.3 cm³/mol. The minimum atomic E-state index is 0.0258. The fourth-order valence-electron chi connectivity index (χ4n) is 2.44. The number of para-hydroxylation sites is 1. The molecule has 0 saturated heterocycles. The number of anilines is 1. The van der Waals surface area contributed by atoms with Crippen molar-refractivity contribution in [2.75, 3.05) is 11.9 Å². The summed E-state index contributed by atoms with van der Waals surface area (Å²) in [6, 6.07) is 7.91. The van der Waals surface area contributed by atoms with Crippen LogP contribution >= 0.6 is 0 Å². The van der Waals surface area contributed by atoms with Gasteiger partial charge in [-0.3, -0.25) is 4.79 Å². The van der Waals surface area contributed by atoms with Gasteiger partial charge in [-0.05, 0) is 25.5 Å². The van der Waals surface area contributed by atoms with E-state index in [2.05, 4.69) is 27.8 Å². The number of carbonyl (C=O) groups excluding carboxylic acids is 1. The first-order valence-corrected chi connectivity index (χ1v) is 8.05. The Morgan fingerprint density at radius 3 is 2.87 bits per heavy atom. The van der Waals surface area contributed by atoms with E-state index < -0.39 is 0 Å². The van der Waals surface area contributed by atoms with E-state index in [1.54, 1.807) is 6.33 Å². The zero-order valence-electron chi connectivity index (χ0n) is 14.0. The fourth-order valence-corrected chi connectivity index (χ4v) is 2.44. The van der Waals surface area contributed by atoms with Crippen LogP contribution in [0.1, 0.15) is 31.7 Å². The topological polar surface area (TPSA) is 71.8 Å². The zero-order chi connectivity index (χ0) is 16.7. The van der Waals surface area contributed by atoms with Crippen molar-refractivity contribution < 1.29 is 4.79 Å². The number of aryl methyl sites for hydroxylation is 2. The van der Waals surface area contributed by atoms with Crippen LogP contribution in [0, 0.1) is 6.92 Å². The van der Waals surface area contributed by atoms with Crippen molar-refractivity contribution in [1.29, 1.82) is 0 Å². The van der Waals surface area contributed by atoms with Gasteiger partial charge < -0.3 is 15.2 Å². The maximum absolute atomic E-state index is 12.1. The van der Waals surface area contributed by atoms with Crippen molar-refractivity contribution in [2.24, 2.45) is 0 Å². The lowest BCUT2D eigenvalue weighted by Crippen LogP contribution is -2.33. The van der Waals surface area contributed by atoms with E-state index in [1.807, 2.05) is 42.7 Å². The van der Waals surface area contributed by atoms with Gasteiger partial charge in [0.2, 0.25) is 5.91 Å². The summed E-state index contributed by atoms with van der Waals surface area (Å²) < 4.78 is 2.03. The highest BCUT2D eigenvalue weighted by molar-refractivity contribution is 5.91. The van der Waals surface area contributed by atoms with E-state index in [4.69, 9.17) is 0 Å². The second kappa shape index (κ2) is 8.43. The molecule has 1 heterocycles. The normalized spacial score (nSPS) is 12.1. The van der Waals surface area contributed by atoms with Crippen LogP contribution in [0.5, 0.6) is 0 Å². The van der Waals surface area contributed by atoms with Gasteiger partial charge in [0.15, 0.2) is 0 Å². The lowest BCUT2D eigenvalue weighted by Gasteiger charge is -2.15. The number of aromatic nitrogens is 3. The van der Waals surface area contributed by atoms with Gasteiger partial charge in [0.05, 0.1) is 0 Å². The van der Waals surface area contributed by atoms with Crippen molar-refractivity contribution >= 4 is 11.6 Å². The molecule has 0 aliphatic heterocycles. The Balaban J connectivity index is 1.73. The third kappa shape index (κ3) is 5.17. The highest BCUT2D eigenvalue weighted by Gasteiger charge is 2.10. The summed E-state index contributed by atoms with van der Waals surface area (Å²) in [5, 5.41) is 14.3. The Kier molecular flexibility index (Phi) is 6.29. The van der Waals surface area contributed by atoms with E-state index in [9.17, 15) is 4.79 Å². The van der Waals surface area contributed by atoms with E-state index in [0.717, 1.165) is 36.6 Å². The molecule has 0 saturated carbocycles. The number of nitrogens with zero attached hydrogens (tertiary/aromatic N) is 3. The Labute approximate surface area is 137 Å². The molecule has 2 N–H and O–H groups in total. The minimum Gasteiger partial charge on any atom is -0.326 e. The van der Waals surface area contributed by atoms with Crippen molar-refractivity contribution in [3.8, 4) is 0 Å². The molecular weight excluding hydrogens is 290 g/mol. The highest BCUT2D eigenvalue weighted by atomic mass is 16.1. The molecular formula is C17H25N5O. The number of benzene rings is 1. The third-order valence-corrected chi connectivity index (χ3v) is 3.77. The molecule has 0 spiro atoms. The number of hydrogen-bond donors (Lipinski definition) is 2. The molecule has 2 rings (SSSR count). The molecule has 1 atom stereocenters. The van der Waals surface area contributed by atoms with E-state index in [-0.39, 0.29) is 11.9 Å². The van der Waals surface area contributed by atoms with Crippen molar-refractivity contribution in [3.05, 3.63) is 42.0 Å². The quantitative estimate of drug-likeness (QED) is 0.783. The monoisotopic (exact) mass is 315 g/mol. The van der Waals surface area contributed by atoms with Gasteiger partial charge in [-0.1, -0.05) is 25.1 Å². The van der Waals surface area contributed by atoms with Gasteiger partial charge in [-0.25, -0.2) is 0 Å². The van der Waals surface area contributed by atoms with Crippen molar-refractivity contribution in [3.63, 3.8) is 0 Å². The average molecular weight is 315 g/mol. The SMILES string of the molecule is CCc1nncn1CCN[C@@H](C)CC(=O)Nc1ccccc1C. The summed E-state index contributed by atoms with van der Waals surface area (Å²) in [5.74, 6) is 1.01. The van der Waals surface area contributed by atoms with Gasteiger partial charge in [-0.15, -0.1) is 10.2 Å². The molecule has 0 aliphatic rings. The van der Waals surface area contributed by atoms with E-state index >= 15 is 0 Å². The van der Waals surface area contributed by atoms with E-state index in [1.165, 1.54) is 0 Å². The lowest BCUT2D eigenvalue weighted by molar-refractivity contribution is -0.116. The average Bonchev–Trinajstić information content (AvgIpc) is 2.97. The Morgan fingerprint density at radius 2 is 2.13 bits per heavy atom. The molecule has 6 nitrogen and oxygen atoms in total. The largest absolute Gasteiger partial charge is 0.326 e. The molecule has 1 aromatic heterocycles. The summed E-state index contributed by atoms with van der Waals surface area (Å²) in [7, 11) is 0. The summed E-state index contributed by atoms with van der Waals surface area (Å²) in [4.78, 5) is 12.1. The molecule has 0 unspecified atom stereocenters. The number of amides is 1. The summed E-state index contributed by atoms with van der Waals surface area (Å²) in [6.07, 6.45) is 3.06. The molecule has 6 heteroatoms. The molecule has 0 aliphatic carbocycles. The van der Waals surface area contributed by atoms with Crippen LogP contribution in [-0.4, -0.2) is 33.3 Å².